The zero-order chi connectivity index (χ0) is 14.2. The molecule has 22 heavy (non-hydrogen) atoms. The van der Waals surface area contributed by atoms with Gasteiger partial charge in [0.25, 0.3) is 0 Å². The number of hydrogen-bond acceptors (Lipinski definition) is 0. The van der Waals surface area contributed by atoms with E-state index in [1.54, 1.807) is 27.8 Å². The molecule has 0 bridgehead atoms. The molecule has 1 atom stereocenters. The Bertz CT molecular complexity index is 697. The molecule has 0 fully saturated rings. The van der Waals surface area contributed by atoms with Gasteiger partial charge in [-0.1, -0.05) is 55.5 Å². The van der Waals surface area contributed by atoms with Crippen LogP contribution in [0.4, 0.5) is 0 Å². The van der Waals surface area contributed by atoms with Crippen molar-refractivity contribution in [2.24, 2.45) is 0 Å². The van der Waals surface area contributed by atoms with E-state index in [-0.39, 0.29) is 26.2 Å². The Morgan fingerprint density at radius 1 is 0.955 bits per heavy atom. The fraction of sp³-hybridized carbons (Fsp3) is 0.333. The maximum atomic E-state index is 2.49. The first kappa shape index (κ1) is 15.9. The van der Waals surface area contributed by atoms with E-state index in [0.717, 1.165) is 12.8 Å². The first-order valence-electron chi connectivity index (χ1n) is 8.20. The second-order valence-corrected chi connectivity index (χ2v) is 6.58. The largest absolute Gasteiger partial charge is 0.0763 e. The van der Waals surface area contributed by atoms with Crippen molar-refractivity contribution in [3.8, 4) is 0 Å². The first-order valence-corrected chi connectivity index (χ1v) is 8.20. The second kappa shape index (κ2) is 6.67. The van der Waals surface area contributed by atoms with E-state index >= 15 is 0 Å². The normalized spacial score (nSPS) is 16.5. The predicted octanol–water partition coefficient (Wildman–Crippen LogP) is 5.31. The van der Waals surface area contributed by atoms with E-state index in [1.165, 1.54) is 24.8 Å². The Kier molecular flexibility index (Phi) is 4.83. The molecule has 2 aliphatic rings. The molecule has 0 radical (unpaired) electrons. The molecule has 0 saturated carbocycles. The first-order chi connectivity index (χ1) is 10.3. The van der Waals surface area contributed by atoms with Crippen LogP contribution in [-0.2, 0) is 45.5 Å². The van der Waals surface area contributed by atoms with Crippen LogP contribution in [0, 0.1) is 0 Å². The Morgan fingerprint density at radius 2 is 1.68 bits per heavy atom. The van der Waals surface area contributed by atoms with Crippen LogP contribution in [0.15, 0.2) is 48.5 Å². The predicted molar refractivity (Wildman–Crippen MR) is 89.6 cm³/mol. The number of allylic oxidation sites excluding steroid dienone is 2. The molecule has 1 heteroatoms. The summed E-state index contributed by atoms with van der Waals surface area (Å²) in [6.07, 6.45) is 8.68. The average molecular weight is 366 g/mol. The summed E-state index contributed by atoms with van der Waals surface area (Å²) in [5, 5.41) is 0. The smallest absolute Gasteiger partial charge is 0 e. The van der Waals surface area contributed by atoms with Crippen molar-refractivity contribution in [1.82, 2.24) is 0 Å². The van der Waals surface area contributed by atoms with Crippen LogP contribution in [0.3, 0.4) is 0 Å². The zero-order valence-corrected chi connectivity index (χ0v) is 15.7. The van der Waals surface area contributed by atoms with Crippen molar-refractivity contribution < 1.29 is 26.2 Å². The molecule has 0 saturated heterocycles. The molecule has 0 aromatic heterocycles. The molecule has 1 unspecified atom stereocenters. The Morgan fingerprint density at radius 3 is 2.45 bits per heavy atom. The van der Waals surface area contributed by atoms with Crippen molar-refractivity contribution in [3.63, 3.8) is 0 Å². The van der Waals surface area contributed by atoms with Gasteiger partial charge < -0.3 is 0 Å². The second-order valence-electron chi connectivity index (χ2n) is 6.58. The van der Waals surface area contributed by atoms with Crippen LogP contribution >= 0.6 is 0 Å². The number of aryl methyl sites for hydroxylation is 2. The zero-order valence-electron chi connectivity index (χ0n) is 13.2. The molecule has 0 nitrogen and oxygen atoms in total. The molecule has 4 rings (SSSR count). The van der Waals surface area contributed by atoms with E-state index in [1.807, 2.05) is 0 Å². The van der Waals surface area contributed by atoms with E-state index in [0.29, 0.717) is 5.92 Å². The van der Waals surface area contributed by atoms with E-state index in [2.05, 4.69) is 55.5 Å². The third kappa shape index (κ3) is 2.93. The van der Waals surface area contributed by atoms with Gasteiger partial charge in [0.1, 0.15) is 0 Å². The van der Waals surface area contributed by atoms with Gasteiger partial charge in [0.05, 0.1) is 0 Å². The van der Waals surface area contributed by atoms with Crippen LogP contribution in [0.5, 0.6) is 0 Å². The van der Waals surface area contributed by atoms with E-state index in [9.17, 15) is 0 Å². The number of fused-ring (bicyclic) bond motifs is 2. The minimum Gasteiger partial charge on any atom is -0.0763 e. The fourth-order valence-corrected chi connectivity index (χ4v) is 3.91. The summed E-state index contributed by atoms with van der Waals surface area (Å²) < 4.78 is 0. The Hall–Kier alpha value is -0.937. The number of benzene rings is 2. The minimum absolute atomic E-state index is 0. The summed E-state index contributed by atoms with van der Waals surface area (Å²) in [5.41, 5.74) is 9.34. The quantitative estimate of drug-likeness (QED) is 0.692. The third-order valence-electron chi connectivity index (χ3n) is 5.13. The molecule has 0 heterocycles. The van der Waals surface area contributed by atoms with Gasteiger partial charge in [0.2, 0.25) is 0 Å². The van der Waals surface area contributed by atoms with Gasteiger partial charge in [-0.3, -0.25) is 0 Å². The molecule has 0 spiro atoms. The van der Waals surface area contributed by atoms with Crippen LogP contribution in [-0.4, -0.2) is 0 Å². The van der Waals surface area contributed by atoms with Gasteiger partial charge >= 0.3 is 0 Å². The Labute approximate surface area is 152 Å². The van der Waals surface area contributed by atoms with Gasteiger partial charge in [-0.25, -0.2) is 0 Å². The van der Waals surface area contributed by atoms with Gasteiger partial charge in [-0.05, 0) is 71.4 Å². The molecule has 110 valence electrons. The van der Waals surface area contributed by atoms with E-state index < -0.39 is 0 Å². The summed E-state index contributed by atoms with van der Waals surface area (Å²) in [5.74, 6) is 0.594. The molecule has 2 aromatic rings. The summed E-state index contributed by atoms with van der Waals surface area (Å²) >= 11 is 0. The monoisotopic (exact) mass is 364 g/mol. The molecule has 2 aliphatic carbocycles. The Balaban J connectivity index is 0.00000144. The molecular formula is C21H22Zr. The SMILES string of the molecule is CC(CC1=CCc2cc3c(cc21)CCC3)c1ccccc1.[Zr]. The third-order valence-corrected chi connectivity index (χ3v) is 5.13. The molecule has 2 aromatic carbocycles. The van der Waals surface area contributed by atoms with Crippen molar-refractivity contribution >= 4 is 5.57 Å². The van der Waals surface area contributed by atoms with Gasteiger partial charge in [0.15, 0.2) is 0 Å². The summed E-state index contributed by atoms with van der Waals surface area (Å²) in [6.45, 7) is 2.35. The van der Waals surface area contributed by atoms with Crippen LogP contribution in [0.2, 0.25) is 0 Å². The van der Waals surface area contributed by atoms with Crippen LogP contribution < -0.4 is 0 Å². The summed E-state index contributed by atoms with van der Waals surface area (Å²) in [7, 11) is 0. The number of rotatable bonds is 3. The number of hydrogen-bond donors (Lipinski definition) is 0. The van der Waals surface area contributed by atoms with Gasteiger partial charge in [0, 0.05) is 26.2 Å². The van der Waals surface area contributed by atoms with Crippen molar-refractivity contribution in [2.75, 3.05) is 0 Å². The molecule has 0 aliphatic heterocycles. The van der Waals surface area contributed by atoms with Gasteiger partial charge in [-0.15, -0.1) is 0 Å². The minimum atomic E-state index is 0. The average Bonchev–Trinajstić information content (AvgIpc) is 3.13. The van der Waals surface area contributed by atoms with Gasteiger partial charge in [-0.2, -0.15) is 0 Å². The molecule has 0 N–H and O–H groups in total. The van der Waals surface area contributed by atoms with Crippen LogP contribution in [0.25, 0.3) is 5.57 Å². The van der Waals surface area contributed by atoms with Crippen molar-refractivity contribution in [2.45, 2.75) is 44.9 Å². The maximum absolute atomic E-state index is 2.49. The van der Waals surface area contributed by atoms with Crippen molar-refractivity contribution in [1.29, 1.82) is 0 Å². The summed E-state index contributed by atoms with van der Waals surface area (Å²) in [6, 6.07) is 15.9. The van der Waals surface area contributed by atoms with Crippen molar-refractivity contribution in [3.05, 3.63) is 76.4 Å². The van der Waals surface area contributed by atoms with E-state index in [4.69, 9.17) is 0 Å². The maximum Gasteiger partial charge on any atom is 0 e. The molecule has 0 amide bonds. The molecular weight excluding hydrogens is 343 g/mol. The summed E-state index contributed by atoms with van der Waals surface area (Å²) in [4.78, 5) is 0. The fourth-order valence-electron chi connectivity index (χ4n) is 3.91. The van der Waals surface area contributed by atoms with Crippen LogP contribution in [0.1, 0.15) is 53.5 Å². The topological polar surface area (TPSA) is 0 Å². The standard InChI is InChI=1S/C21H22.Zr/c1-15(16-6-3-2-4-7-16)12-19-10-11-20-13-17-8-5-9-18(17)14-21(19)20;/h2-4,6-7,10,13-15H,5,8-9,11-12H2,1H3;.